The van der Waals surface area contributed by atoms with E-state index in [1.807, 2.05) is 0 Å². The van der Waals surface area contributed by atoms with Crippen molar-refractivity contribution in [3.63, 3.8) is 0 Å². The molecule has 1 unspecified atom stereocenters. The van der Waals surface area contributed by atoms with Crippen LogP contribution in [0.5, 0.6) is 0 Å². The highest BCUT2D eigenvalue weighted by atomic mass is 19.1. The van der Waals surface area contributed by atoms with Crippen molar-refractivity contribution in [1.82, 2.24) is 0 Å². The van der Waals surface area contributed by atoms with E-state index >= 15 is 0 Å². The Labute approximate surface area is 123 Å². The van der Waals surface area contributed by atoms with Gasteiger partial charge in [-0.2, -0.15) is 0 Å². The van der Waals surface area contributed by atoms with Gasteiger partial charge in [-0.15, -0.1) is 0 Å². The van der Waals surface area contributed by atoms with Crippen molar-refractivity contribution in [3.05, 3.63) is 35.6 Å². The molecule has 1 atom stereocenters. The quantitative estimate of drug-likeness (QED) is 0.641. The van der Waals surface area contributed by atoms with Crippen LogP contribution >= 0.6 is 0 Å². The van der Waals surface area contributed by atoms with Crippen LogP contribution in [0.15, 0.2) is 24.3 Å². The summed E-state index contributed by atoms with van der Waals surface area (Å²) in [7, 11) is 1.58. The lowest BCUT2D eigenvalue weighted by molar-refractivity contribution is -0.144. The number of ether oxygens (including phenoxy) is 2. The van der Waals surface area contributed by atoms with Gasteiger partial charge in [-0.25, -0.2) is 4.39 Å². The monoisotopic (exact) mass is 299 g/mol. The minimum absolute atomic E-state index is 0.0934. The van der Waals surface area contributed by atoms with Crippen molar-refractivity contribution in [3.8, 4) is 0 Å². The number of hydrogen-bond donors (Lipinski definition) is 2. The molecule has 0 bridgehead atoms. The number of aliphatic carboxylic acids is 1. The Balaban J connectivity index is 2.73. The summed E-state index contributed by atoms with van der Waals surface area (Å²) in [6, 6.07) is 5.59. The molecule has 1 rings (SSSR count). The Bertz CT molecular complexity index is 455. The fourth-order valence-corrected chi connectivity index (χ4v) is 2.19. The number of rotatable bonds is 10. The molecule has 0 radical (unpaired) electrons. The maximum Gasteiger partial charge on any atom is 0.315 e. The number of benzene rings is 1. The van der Waals surface area contributed by atoms with Crippen molar-refractivity contribution in [1.29, 1.82) is 0 Å². The van der Waals surface area contributed by atoms with Gasteiger partial charge in [0.15, 0.2) is 0 Å². The molecule has 0 spiro atoms. The van der Waals surface area contributed by atoms with Crippen molar-refractivity contribution in [2.45, 2.75) is 18.3 Å². The van der Waals surface area contributed by atoms with Gasteiger partial charge < -0.3 is 20.3 Å². The third kappa shape index (κ3) is 4.77. The van der Waals surface area contributed by atoms with Crippen molar-refractivity contribution in [2.75, 3.05) is 33.5 Å². The Morgan fingerprint density at radius 2 is 2.14 bits per heavy atom. The molecule has 5 nitrogen and oxygen atoms in total. The lowest BCUT2D eigenvalue weighted by Crippen LogP contribution is -2.43. The van der Waals surface area contributed by atoms with E-state index in [0.29, 0.717) is 31.8 Å². The molecule has 0 aliphatic carbocycles. The number of methoxy groups -OCH3 is 1. The van der Waals surface area contributed by atoms with Crippen molar-refractivity contribution >= 4 is 5.97 Å². The first-order valence-corrected chi connectivity index (χ1v) is 6.83. The summed E-state index contributed by atoms with van der Waals surface area (Å²) in [6.07, 6.45) is 0.805. The third-order valence-electron chi connectivity index (χ3n) is 3.46. The summed E-state index contributed by atoms with van der Waals surface area (Å²) in [6.45, 7) is 1.27. The molecule has 0 amide bonds. The van der Waals surface area contributed by atoms with E-state index in [4.69, 9.17) is 15.2 Å². The van der Waals surface area contributed by atoms with Gasteiger partial charge in [0, 0.05) is 20.3 Å². The van der Waals surface area contributed by atoms with Gasteiger partial charge >= 0.3 is 5.97 Å². The van der Waals surface area contributed by atoms with Gasteiger partial charge in [0.1, 0.15) is 11.2 Å². The molecule has 0 aromatic heterocycles. The van der Waals surface area contributed by atoms with E-state index in [1.165, 1.54) is 18.2 Å². The van der Waals surface area contributed by atoms with Crippen LogP contribution < -0.4 is 5.73 Å². The van der Waals surface area contributed by atoms with Gasteiger partial charge in [0.2, 0.25) is 0 Å². The van der Waals surface area contributed by atoms with E-state index in [2.05, 4.69) is 0 Å². The van der Waals surface area contributed by atoms with E-state index in [-0.39, 0.29) is 13.0 Å². The zero-order valence-corrected chi connectivity index (χ0v) is 12.2. The smallest absolute Gasteiger partial charge is 0.315 e. The van der Waals surface area contributed by atoms with Crippen LogP contribution in [0, 0.1) is 5.82 Å². The van der Waals surface area contributed by atoms with Crippen LogP contribution in [-0.4, -0.2) is 44.6 Å². The zero-order chi connectivity index (χ0) is 15.7. The number of hydrogen-bond acceptors (Lipinski definition) is 4. The van der Waals surface area contributed by atoms with Crippen LogP contribution in [0.4, 0.5) is 4.39 Å². The average molecular weight is 299 g/mol. The number of carboxylic acids is 1. The summed E-state index contributed by atoms with van der Waals surface area (Å²) >= 11 is 0. The zero-order valence-electron chi connectivity index (χ0n) is 12.2. The molecule has 1 aromatic rings. The number of halogens is 1. The predicted molar refractivity (Wildman–Crippen MR) is 76.7 cm³/mol. The SMILES string of the molecule is COCCOCCCC(CN)(C(=O)O)c1cccc(F)c1. The van der Waals surface area contributed by atoms with Crippen LogP contribution in [0.2, 0.25) is 0 Å². The Morgan fingerprint density at radius 3 is 2.71 bits per heavy atom. The molecule has 0 fully saturated rings. The summed E-state index contributed by atoms with van der Waals surface area (Å²) in [4.78, 5) is 11.7. The fourth-order valence-electron chi connectivity index (χ4n) is 2.19. The molecule has 0 heterocycles. The molecule has 1 aromatic carbocycles. The van der Waals surface area contributed by atoms with Crippen LogP contribution in [0.3, 0.4) is 0 Å². The number of nitrogens with two attached hydrogens (primary N) is 1. The lowest BCUT2D eigenvalue weighted by atomic mass is 9.76. The summed E-state index contributed by atoms with van der Waals surface area (Å²) in [5, 5.41) is 9.55. The second-order valence-corrected chi connectivity index (χ2v) is 4.81. The molecule has 0 aliphatic rings. The molecule has 0 aliphatic heterocycles. The van der Waals surface area contributed by atoms with Crippen molar-refractivity contribution < 1.29 is 23.8 Å². The molecular weight excluding hydrogens is 277 g/mol. The Hall–Kier alpha value is -1.50. The molecule has 6 heteroatoms. The van der Waals surface area contributed by atoms with E-state index in [0.717, 1.165) is 0 Å². The largest absolute Gasteiger partial charge is 0.481 e. The maximum absolute atomic E-state index is 13.4. The number of carbonyl (C=O) groups is 1. The predicted octanol–water partition coefficient (Wildman–Crippen LogP) is 1.55. The van der Waals surface area contributed by atoms with Gasteiger partial charge in [-0.1, -0.05) is 12.1 Å². The highest BCUT2D eigenvalue weighted by Crippen LogP contribution is 2.29. The molecule has 0 saturated heterocycles. The standard InChI is InChI=1S/C15H22FNO4/c1-20-8-9-21-7-3-6-15(11-17,14(18)19)12-4-2-5-13(16)10-12/h2,4-5,10H,3,6-9,11,17H2,1H3,(H,18,19). The second kappa shape index (κ2) is 8.71. The first-order valence-electron chi connectivity index (χ1n) is 6.83. The van der Waals surface area contributed by atoms with Gasteiger partial charge in [0.05, 0.1) is 13.2 Å². The van der Waals surface area contributed by atoms with Gasteiger partial charge in [0.25, 0.3) is 0 Å². The molecule has 21 heavy (non-hydrogen) atoms. The minimum atomic E-state index is -1.29. The molecule has 0 saturated carbocycles. The van der Waals surface area contributed by atoms with E-state index < -0.39 is 17.2 Å². The third-order valence-corrected chi connectivity index (χ3v) is 3.46. The first-order chi connectivity index (χ1) is 10.1. The minimum Gasteiger partial charge on any atom is -0.481 e. The van der Waals surface area contributed by atoms with Crippen LogP contribution in [0.1, 0.15) is 18.4 Å². The summed E-state index contributed by atoms with van der Waals surface area (Å²) in [5.41, 5.74) is 4.79. The summed E-state index contributed by atoms with van der Waals surface area (Å²) in [5.74, 6) is -1.52. The Kier molecular flexibility index (Phi) is 7.28. The first kappa shape index (κ1) is 17.6. The van der Waals surface area contributed by atoms with Gasteiger partial charge in [-0.3, -0.25) is 4.79 Å². The fraction of sp³-hybridized carbons (Fsp3) is 0.533. The average Bonchev–Trinajstić information content (AvgIpc) is 2.46. The van der Waals surface area contributed by atoms with Gasteiger partial charge in [-0.05, 0) is 30.5 Å². The van der Waals surface area contributed by atoms with E-state index in [9.17, 15) is 14.3 Å². The molecule has 3 N–H and O–H groups in total. The van der Waals surface area contributed by atoms with Crippen LogP contribution in [0.25, 0.3) is 0 Å². The lowest BCUT2D eigenvalue weighted by Gasteiger charge is -2.28. The maximum atomic E-state index is 13.4. The summed E-state index contributed by atoms with van der Waals surface area (Å²) < 4.78 is 23.5. The number of carboxylic acid groups (broad SMARTS) is 1. The molecule has 118 valence electrons. The second-order valence-electron chi connectivity index (χ2n) is 4.81. The highest BCUT2D eigenvalue weighted by Gasteiger charge is 2.38. The van der Waals surface area contributed by atoms with Crippen LogP contribution in [-0.2, 0) is 19.7 Å². The Morgan fingerprint density at radius 1 is 1.38 bits per heavy atom. The normalized spacial score (nSPS) is 13.9. The highest BCUT2D eigenvalue weighted by molar-refractivity contribution is 5.81. The molecular formula is C15H22FNO4. The van der Waals surface area contributed by atoms with E-state index in [1.54, 1.807) is 13.2 Å². The van der Waals surface area contributed by atoms with Crippen molar-refractivity contribution in [2.24, 2.45) is 5.73 Å². The topological polar surface area (TPSA) is 81.8 Å².